The maximum atomic E-state index is 13.0. The van der Waals surface area contributed by atoms with Gasteiger partial charge >= 0.3 is 6.09 Å². The van der Waals surface area contributed by atoms with Crippen molar-refractivity contribution >= 4 is 46.6 Å². The lowest BCUT2D eigenvalue weighted by molar-refractivity contribution is -0.129. The van der Waals surface area contributed by atoms with Crippen molar-refractivity contribution < 1.29 is 19.1 Å². The number of hydrogen-bond acceptors (Lipinski definition) is 7. The summed E-state index contributed by atoms with van der Waals surface area (Å²) in [5.41, 5.74) is 0.838. The number of alkyl carbamates (subject to hydrolysis) is 1. The number of ether oxygens (including phenoxy) is 1. The maximum absolute atomic E-state index is 13.0. The number of benzene rings is 1. The molecule has 3 amide bonds. The van der Waals surface area contributed by atoms with E-state index in [0.29, 0.717) is 15.5 Å². The van der Waals surface area contributed by atoms with Gasteiger partial charge in [-0.2, -0.15) is 0 Å². The van der Waals surface area contributed by atoms with Crippen LogP contribution in [-0.2, 0) is 20.9 Å². The summed E-state index contributed by atoms with van der Waals surface area (Å²) in [5.74, 6) is -1.25. The minimum Gasteiger partial charge on any atom is -0.445 e. The molecular weight excluding hydrogens is 450 g/mol. The molecule has 9 nitrogen and oxygen atoms in total. The highest BCUT2D eigenvalue weighted by molar-refractivity contribution is 7.73. The lowest BCUT2D eigenvalue weighted by Gasteiger charge is -2.27. The Bertz CT molecular complexity index is 960. The van der Waals surface area contributed by atoms with E-state index in [-0.39, 0.29) is 18.4 Å². The number of nitrogens with one attached hydrogen (secondary N) is 4. The standard InChI is InChI=1S/C21H29N5O4S2/c1-5-13(4)16(23-20(29)30-11-14-9-7-6-8-10-14)18(28)22-15(12(2)3)17(27)24-19-25-26-21(31)32-19/h6-10,12-13,15-16H,5,11H2,1-4H3,(H,22,28)(H,23,29)(H,26,31)(H,24,25,27)/t13-,15-,16-/m0/s1. The van der Waals surface area contributed by atoms with Crippen molar-refractivity contribution in [2.45, 2.75) is 52.8 Å². The van der Waals surface area contributed by atoms with Gasteiger partial charge in [0.1, 0.15) is 18.7 Å². The summed E-state index contributed by atoms with van der Waals surface area (Å²) in [6.07, 6.45) is -0.0530. The van der Waals surface area contributed by atoms with Gasteiger partial charge < -0.3 is 15.4 Å². The Kier molecular flexibility index (Phi) is 9.79. The zero-order valence-corrected chi connectivity index (χ0v) is 20.1. The molecule has 1 aromatic heterocycles. The van der Waals surface area contributed by atoms with Gasteiger partial charge in [0.05, 0.1) is 0 Å². The molecule has 11 heteroatoms. The number of rotatable bonds is 10. The SMILES string of the molecule is CC[C@H](C)[C@H](NC(=O)OCc1ccccc1)C(=O)N[C@H](C(=O)Nc1n[nH]c(=S)s1)C(C)C. The molecule has 3 atom stereocenters. The van der Waals surface area contributed by atoms with Crippen molar-refractivity contribution in [3.63, 3.8) is 0 Å². The Labute approximate surface area is 196 Å². The first-order valence-electron chi connectivity index (χ1n) is 10.3. The van der Waals surface area contributed by atoms with Gasteiger partial charge in [0.15, 0.2) is 3.95 Å². The smallest absolute Gasteiger partial charge is 0.408 e. The highest BCUT2D eigenvalue weighted by atomic mass is 32.1. The Morgan fingerprint density at radius 1 is 1.09 bits per heavy atom. The molecule has 0 spiro atoms. The van der Waals surface area contributed by atoms with Crippen LogP contribution in [0.4, 0.5) is 9.93 Å². The van der Waals surface area contributed by atoms with Crippen LogP contribution in [0.3, 0.4) is 0 Å². The molecule has 0 saturated heterocycles. The first kappa shape index (κ1) is 25.5. The summed E-state index contributed by atoms with van der Waals surface area (Å²) in [5, 5.41) is 14.9. The fourth-order valence-corrected chi connectivity index (χ4v) is 3.63. The molecule has 174 valence electrons. The van der Waals surface area contributed by atoms with Crippen LogP contribution >= 0.6 is 23.6 Å². The predicted octanol–water partition coefficient (Wildman–Crippen LogP) is 3.62. The van der Waals surface area contributed by atoms with Gasteiger partial charge in [-0.3, -0.25) is 20.0 Å². The van der Waals surface area contributed by atoms with Crippen molar-refractivity contribution in [3.8, 4) is 0 Å². The van der Waals surface area contributed by atoms with E-state index in [2.05, 4.69) is 26.1 Å². The van der Waals surface area contributed by atoms with Crippen LogP contribution in [0.25, 0.3) is 0 Å². The summed E-state index contributed by atoms with van der Waals surface area (Å²) >= 11 is 6.09. The van der Waals surface area contributed by atoms with Crippen molar-refractivity contribution in [2.24, 2.45) is 11.8 Å². The molecular formula is C21H29N5O4S2. The zero-order valence-electron chi connectivity index (χ0n) is 18.5. The molecule has 2 aromatic rings. The van der Waals surface area contributed by atoms with Gasteiger partial charge in [-0.25, -0.2) is 4.79 Å². The molecule has 0 unspecified atom stereocenters. The van der Waals surface area contributed by atoms with Gasteiger partial charge in [0.25, 0.3) is 0 Å². The van der Waals surface area contributed by atoms with E-state index < -0.39 is 30.0 Å². The minimum absolute atomic E-state index is 0.0915. The van der Waals surface area contributed by atoms with E-state index in [1.807, 2.05) is 58.0 Å². The van der Waals surface area contributed by atoms with Gasteiger partial charge in [0.2, 0.25) is 16.9 Å². The van der Waals surface area contributed by atoms with E-state index in [0.717, 1.165) is 16.9 Å². The average Bonchev–Trinajstić information content (AvgIpc) is 3.18. The maximum Gasteiger partial charge on any atom is 0.408 e. The largest absolute Gasteiger partial charge is 0.445 e. The Hall–Kier alpha value is -2.79. The number of carbonyl (C=O) groups is 3. The summed E-state index contributed by atoms with van der Waals surface area (Å²) < 4.78 is 5.69. The third-order valence-electron chi connectivity index (χ3n) is 4.90. The Morgan fingerprint density at radius 2 is 1.78 bits per heavy atom. The lowest BCUT2D eigenvalue weighted by atomic mass is 9.96. The van der Waals surface area contributed by atoms with Crippen LogP contribution in [0, 0.1) is 15.8 Å². The number of H-pyrrole nitrogens is 1. The van der Waals surface area contributed by atoms with E-state index in [4.69, 9.17) is 17.0 Å². The highest BCUT2D eigenvalue weighted by Crippen LogP contribution is 2.14. The molecule has 0 aliphatic heterocycles. The summed E-state index contributed by atoms with van der Waals surface area (Å²) in [4.78, 5) is 38.1. The fraction of sp³-hybridized carbons (Fsp3) is 0.476. The number of nitrogens with zero attached hydrogens (tertiary/aromatic N) is 1. The average molecular weight is 480 g/mol. The van der Waals surface area contributed by atoms with Crippen molar-refractivity contribution in [1.82, 2.24) is 20.8 Å². The lowest BCUT2D eigenvalue weighted by Crippen LogP contribution is -2.56. The second-order valence-corrected chi connectivity index (χ2v) is 9.37. The number of amides is 3. The van der Waals surface area contributed by atoms with Crippen LogP contribution in [0.15, 0.2) is 30.3 Å². The van der Waals surface area contributed by atoms with Crippen LogP contribution < -0.4 is 16.0 Å². The van der Waals surface area contributed by atoms with Crippen LogP contribution in [0.2, 0.25) is 0 Å². The summed E-state index contributed by atoms with van der Waals surface area (Å²) in [7, 11) is 0. The Morgan fingerprint density at radius 3 is 2.34 bits per heavy atom. The number of anilines is 1. The van der Waals surface area contributed by atoms with Gasteiger partial charge in [-0.15, -0.1) is 5.10 Å². The van der Waals surface area contributed by atoms with E-state index in [1.54, 1.807) is 0 Å². The fourth-order valence-electron chi connectivity index (χ4n) is 2.84. The molecule has 0 saturated carbocycles. The van der Waals surface area contributed by atoms with Crippen molar-refractivity contribution in [2.75, 3.05) is 5.32 Å². The zero-order chi connectivity index (χ0) is 23.7. The number of aromatic nitrogens is 2. The molecule has 0 fully saturated rings. The molecule has 0 bridgehead atoms. The van der Waals surface area contributed by atoms with E-state index >= 15 is 0 Å². The molecule has 0 radical (unpaired) electrons. The van der Waals surface area contributed by atoms with Crippen LogP contribution in [0.5, 0.6) is 0 Å². The molecule has 4 N–H and O–H groups in total. The third-order valence-corrected chi connectivity index (χ3v) is 5.90. The normalized spacial score (nSPS) is 13.7. The summed E-state index contributed by atoms with van der Waals surface area (Å²) in [6, 6.07) is 7.57. The molecule has 2 rings (SSSR count). The van der Waals surface area contributed by atoms with Gasteiger partial charge in [0, 0.05) is 0 Å². The third kappa shape index (κ3) is 7.72. The highest BCUT2D eigenvalue weighted by Gasteiger charge is 2.32. The number of hydrogen-bond donors (Lipinski definition) is 4. The molecule has 32 heavy (non-hydrogen) atoms. The topological polar surface area (TPSA) is 125 Å². The predicted molar refractivity (Wildman–Crippen MR) is 126 cm³/mol. The quantitative estimate of drug-likeness (QED) is 0.386. The second kappa shape index (κ2) is 12.3. The molecule has 1 heterocycles. The monoisotopic (exact) mass is 479 g/mol. The minimum atomic E-state index is -0.857. The van der Waals surface area contributed by atoms with E-state index in [9.17, 15) is 14.4 Å². The Balaban J connectivity index is 2.02. The second-order valence-electron chi connectivity index (χ2n) is 7.71. The van der Waals surface area contributed by atoms with Gasteiger partial charge in [-0.1, -0.05) is 75.8 Å². The summed E-state index contributed by atoms with van der Waals surface area (Å²) in [6.45, 7) is 7.49. The van der Waals surface area contributed by atoms with Crippen LogP contribution in [0.1, 0.15) is 39.7 Å². The van der Waals surface area contributed by atoms with E-state index in [1.165, 1.54) is 0 Å². The van der Waals surface area contributed by atoms with Crippen molar-refractivity contribution in [1.29, 1.82) is 0 Å². The number of aromatic amines is 1. The molecule has 0 aliphatic carbocycles. The first-order valence-corrected chi connectivity index (χ1v) is 11.6. The van der Waals surface area contributed by atoms with Crippen molar-refractivity contribution in [3.05, 3.63) is 39.8 Å². The molecule has 1 aromatic carbocycles. The first-order chi connectivity index (χ1) is 15.2. The van der Waals surface area contributed by atoms with Gasteiger partial charge in [-0.05, 0) is 29.6 Å². The molecule has 0 aliphatic rings. The van der Waals surface area contributed by atoms with Crippen LogP contribution in [-0.4, -0.2) is 40.2 Å². The number of carbonyl (C=O) groups excluding carboxylic acids is 3.